The van der Waals surface area contributed by atoms with E-state index in [0.29, 0.717) is 29.3 Å². The van der Waals surface area contributed by atoms with Gasteiger partial charge in [0.2, 0.25) is 0 Å². The minimum absolute atomic E-state index is 0.0703. The van der Waals surface area contributed by atoms with Gasteiger partial charge in [0.05, 0.1) is 19.8 Å². The van der Waals surface area contributed by atoms with Gasteiger partial charge in [0.25, 0.3) is 5.91 Å². The monoisotopic (exact) mass is 420 g/mol. The summed E-state index contributed by atoms with van der Waals surface area (Å²) in [7, 11) is 4.86. The largest absolute Gasteiger partial charge is 0.496 e. The van der Waals surface area contributed by atoms with Gasteiger partial charge in [-0.3, -0.25) is 4.79 Å². The van der Waals surface area contributed by atoms with Crippen molar-refractivity contribution in [2.45, 2.75) is 38.1 Å². The first-order valence-electron chi connectivity index (χ1n) is 10.6. The Bertz CT molecular complexity index is 1110. The second-order valence-corrected chi connectivity index (χ2v) is 8.12. The van der Waals surface area contributed by atoms with Crippen LogP contribution in [0.3, 0.4) is 0 Å². The molecule has 0 radical (unpaired) electrons. The van der Waals surface area contributed by atoms with Gasteiger partial charge < -0.3 is 19.4 Å². The number of hydrogen-bond donors (Lipinski definition) is 1. The Balaban J connectivity index is 1.62. The molecule has 3 aromatic rings. The molecule has 4 rings (SSSR count). The number of methoxy groups -OCH3 is 2. The van der Waals surface area contributed by atoms with Crippen LogP contribution in [0.1, 0.15) is 57.5 Å². The van der Waals surface area contributed by atoms with Crippen molar-refractivity contribution >= 4 is 22.8 Å². The molecule has 1 aromatic heterocycles. The number of ether oxygens (including phenoxy) is 2. The smallest absolute Gasteiger partial charge is 0.337 e. The number of carbonyl (C=O) groups is 2. The van der Waals surface area contributed by atoms with Crippen LogP contribution in [-0.2, 0) is 11.2 Å². The zero-order chi connectivity index (χ0) is 22.0. The lowest BCUT2D eigenvalue weighted by Gasteiger charge is -2.24. The summed E-state index contributed by atoms with van der Waals surface area (Å²) in [4.78, 5) is 30.1. The molecule has 1 amide bonds. The lowest BCUT2D eigenvalue weighted by Crippen LogP contribution is -2.35. The quantitative estimate of drug-likeness (QED) is 0.593. The van der Waals surface area contributed by atoms with E-state index in [4.69, 9.17) is 9.47 Å². The highest BCUT2D eigenvalue weighted by Crippen LogP contribution is 2.29. The summed E-state index contributed by atoms with van der Waals surface area (Å²) in [6.07, 6.45) is 7.14. The average Bonchev–Trinajstić information content (AvgIpc) is 3.48. The van der Waals surface area contributed by atoms with Gasteiger partial charge in [0.1, 0.15) is 5.75 Å². The molecule has 0 unspecified atom stereocenters. The van der Waals surface area contributed by atoms with E-state index in [-0.39, 0.29) is 5.91 Å². The van der Waals surface area contributed by atoms with Gasteiger partial charge >= 0.3 is 5.97 Å². The van der Waals surface area contributed by atoms with Crippen LogP contribution in [0.15, 0.2) is 42.6 Å². The first-order valence-corrected chi connectivity index (χ1v) is 10.6. The molecule has 6 nitrogen and oxygen atoms in total. The minimum Gasteiger partial charge on any atom is -0.496 e. The van der Waals surface area contributed by atoms with E-state index in [9.17, 15) is 9.59 Å². The first kappa shape index (κ1) is 21.0. The van der Waals surface area contributed by atoms with E-state index in [1.807, 2.05) is 42.4 Å². The molecular formula is C25H28N2O4. The fourth-order valence-electron chi connectivity index (χ4n) is 4.46. The summed E-state index contributed by atoms with van der Waals surface area (Å²) in [6, 6.07) is 11.5. The standard InChI is InChI=1S/C25H28N2O4/c1-27(20-6-4-5-7-20)24(28)17-10-11-22-21(13-17)19(15-26-22)12-16-8-9-18(25(29)31-3)14-23(16)30-2/h8-11,13-15,20,26H,4-7,12H2,1-3H3. The second kappa shape index (κ2) is 8.84. The molecule has 162 valence electrons. The highest BCUT2D eigenvalue weighted by Gasteiger charge is 2.24. The van der Waals surface area contributed by atoms with Crippen LogP contribution in [-0.4, -0.2) is 49.1 Å². The number of esters is 1. The zero-order valence-electron chi connectivity index (χ0n) is 18.2. The second-order valence-electron chi connectivity index (χ2n) is 8.12. The Morgan fingerprint density at radius 2 is 1.77 bits per heavy atom. The van der Waals surface area contributed by atoms with Crippen molar-refractivity contribution in [2.24, 2.45) is 0 Å². The topological polar surface area (TPSA) is 71.6 Å². The minimum atomic E-state index is -0.397. The Kier molecular flexibility index (Phi) is 5.98. The third-order valence-corrected chi connectivity index (χ3v) is 6.30. The van der Waals surface area contributed by atoms with Gasteiger partial charge in [-0.25, -0.2) is 4.79 Å². The molecule has 1 aliphatic carbocycles. The van der Waals surface area contributed by atoms with Crippen LogP contribution < -0.4 is 4.74 Å². The molecule has 31 heavy (non-hydrogen) atoms. The average molecular weight is 421 g/mol. The van der Waals surface area contributed by atoms with Gasteiger partial charge in [-0.2, -0.15) is 0 Å². The Morgan fingerprint density at radius 1 is 1.03 bits per heavy atom. The van der Waals surface area contributed by atoms with E-state index in [2.05, 4.69) is 4.98 Å². The SMILES string of the molecule is COC(=O)c1ccc(Cc2c[nH]c3ccc(C(=O)N(C)C4CCCC4)cc23)c(OC)c1. The number of fused-ring (bicyclic) bond motifs is 1. The van der Waals surface area contributed by atoms with Crippen LogP contribution in [0.5, 0.6) is 5.75 Å². The van der Waals surface area contributed by atoms with Crippen molar-refractivity contribution in [1.82, 2.24) is 9.88 Å². The lowest BCUT2D eigenvalue weighted by molar-refractivity contribution is 0.0600. The summed E-state index contributed by atoms with van der Waals surface area (Å²) in [6.45, 7) is 0. The predicted molar refractivity (Wildman–Crippen MR) is 120 cm³/mol. The van der Waals surface area contributed by atoms with Crippen molar-refractivity contribution in [1.29, 1.82) is 0 Å². The molecule has 1 aliphatic rings. The molecule has 1 saturated carbocycles. The summed E-state index contributed by atoms with van der Waals surface area (Å²) in [5, 5.41) is 1.02. The third-order valence-electron chi connectivity index (χ3n) is 6.30. The van der Waals surface area contributed by atoms with E-state index in [1.54, 1.807) is 19.2 Å². The molecule has 0 bridgehead atoms. The molecule has 0 atom stereocenters. The fourth-order valence-corrected chi connectivity index (χ4v) is 4.46. The van der Waals surface area contributed by atoms with Crippen molar-refractivity contribution < 1.29 is 19.1 Å². The molecule has 1 heterocycles. The van der Waals surface area contributed by atoms with Gasteiger partial charge in [0, 0.05) is 42.2 Å². The van der Waals surface area contributed by atoms with Crippen molar-refractivity contribution in [3.05, 3.63) is 64.8 Å². The normalized spacial score (nSPS) is 14.0. The molecule has 0 saturated heterocycles. The molecule has 2 aromatic carbocycles. The van der Waals surface area contributed by atoms with Crippen molar-refractivity contribution in [3.63, 3.8) is 0 Å². The maximum Gasteiger partial charge on any atom is 0.337 e. The van der Waals surface area contributed by atoms with Crippen molar-refractivity contribution in [3.8, 4) is 5.75 Å². The Morgan fingerprint density at radius 3 is 2.48 bits per heavy atom. The number of benzene rings is 2. The van der Waals surface area contributed by atoms with E-state index < -0.39 is 5.97 Å². The number of aromatic nitrogens is 1. The van der Waals surface area contributed by atoms with Crippen LogP contribution in [0.4, 0.5) is 0 Å². The summed E-state index contributed by atoms with van der Waals surface area (Å²) in [5.74, 6) is 0.304. The van der Waals surface area contributed by atoms with Gasteiger partial charge in [-0.1, -0.05) is 18.9 Å². The molecule has 0 spiro atoms. The Labute approximate surface area is 182 Å². The van der Waals surface area contributed by atoms with E-state index in [1.165, 1.54) is 20.0 Å². The maximum absolute atomic E-state index is 13.0. The predicted octanol–water partition coefficient (Wildman–Crippen LogP) is 4.57. The van der Waals surface area contributed by atoms with Crippen LogP contribution in [0.25, 0.3) is 10.9 Å². The zero-order valence-corrected chi connectivity index (χ0v) is 18.2. The number of nitrogens with one attached hydrogen (secondary N) is 1. The third kappa shape index (κ3) is 4.15. The van der Waals surface area contributed by atoms with E-state index in [0.717, 1.165) is 34.9 Å². The number of hydrogen-bond acceptors (Lipinski definition) is 4. The van der Waals surface area contributed by atoms with Gasteiger partial charge in [-0.05, 0) is 54.3 Å². The maximum atomic E-state index is 13.0. The van der Waals surface area contributed by atoms with E-state index >= 15 is 0 Å². The lowest BCUT2D eigenvalue weighted by atomic mass is 10.0. The number of rotatable bonds is 6. The summed E-state index contributed by atoms with van der Waals surface area (Å²) >= 11 is 0. The van der Waals surface area contributed by atoms with Gasteiger partial charge in [0.15, 0.2) is 0 Å². The number of carbonyl (C=O) groups excluding carboxylic acids is 2. The number of amides is 1. The first-order chi connectivity index (χ1) is 15.0. The highest BCUT2D eigenvalue weighted by atomic mass is 16.5. The highest BCUT2D eigenvalue weighted by molar-refractivity contribution is 5.99. The number of aromatic amines is 1. The molecule has 0 aliphatic heterocycles. The number of nitrogens with zero attached hydrogens (tertiary/aromatic N) is 1. The van der Waals surface area contributed by atoms with Crippen molar-refractivity contribution in [2.75, 3.05) is 21.3 Å². The molecule has 1 fully saturated rings. The van der Waals surface area contributed by atoms with Crippen LogP contribution in [0.2, 0.25) is 0 Å². The fraction of sp³-hybridized carbons (Fsp3) is 0.360. The van der Waals surface area contributed by atoms with Crippen LogP contribution in [0, 0.1) is 0 Å². The van der Waals surface area contributed by atoms with Crippen LogP contribution >= 0.6 is 0 Å². The molecular weight excluding hydrogens is 392 g/mol. The molecule has 1 N–H and O–H groups in total. The summed E-state index contributed by atoms with van der Waals surface area (Å²) < 4.78 is 10.3. The van der Waals surface area contributed by atoms with Gasteiger partial charge in [-0.15, -0.1) is 0 Å². The summed E-state index contributed by atoms with van der Waals surface area (Å²) in [5.41, 5.74) is 4.16. The molecule has 6 heteroatoms. The number of H-pyrrole nitrogens is 1. The Hall–Kier alpha value is -3.28.